The molecule has 0 amide bonds. The number of hydrogen-bond acceptors (Lipinski definition) is 4. The van der Waals surface area contributed by atoms with E-state index >= 15 is 0 Å². The van der Waals surface area contributed by atoms with Crippen LogP contribution in [0.5, 0.6) is 0 Å². The minimum Gasteiger partial charge on any atom is -0.479 e. The van der Waals surface area contributed by atoms with E-state index in [2.05, 4.69) is 0 Å². The average Bonchev–Trinajstić information content (AvgIpc) is 2.54. The number of rotatable bonds is 1. The lowest BCUT2D eigenvalue weighted by Gasteiger charge is -2.37. The molecule has 2 rings (SSSR count). The maximum Gasteiger partial charge on any atom is 0.214 e. The van der Waals surface area contributed by atoms with E-state index in [1.54, 1.807) is 27.7 Å². The molecule has 2 unspecified atom stereocenters. The molecule has 2 atom stereocenters. The molecule has 16 heavy (non-hydrogen) atoms. The lowest BCUT2D eigenvalue weighted by atomic mass is 9.80. The Morgan fingerprint density at radius 1 is 0.875 bits per heavy atom. The van der Waals surface area contributed by atoms with Crippen LogP contribution in [-0.4, -0.2) is 22.8 Å². The highest BCUT2D eigenvalue weighted by atomic mass is 16.6. The van der Waals surface area contributed by atoms with Crippen molar-refractivity contribution in [3.8, 4) is 0 Å². The fourth-order valence-electron chi connectivity index (χ4n) is 2.11. The number of carbonyl (C=O) groups is 2. The predicted molar refractivity (Wildman–Crippen MR) is 56.5 cm³/mol. The van der Waals surface area contributed by atoms with E-state index in [0.29, 0.717) is 11.5 Å². The molecule has 2 aliphatic rings. The van der Waals surface area contributed by atoms with E-state index in [0.717, 1.165) is 0 Å². The number of carbonyl (C=O) groups excluding carboxylic acids is 2. The summed E-state index contributed by atoms with van der Waals surface area (Å²) in [4.78, 5) is 23.8. The SMILES string of the molecule is CC1=CC(=O)C(C)(C2(C)OC(C)=CC2=O)O1. The van der Waals surface area contributed by atoms with Crippen LogP contribution in [0.4, 0.5) is 0 Å². The summed E-state index contributed by atoms with van der Waals surface area (Å²) in [6, 6.07) is 0. The molecule has 0 N–H and O–H groups in total. The van der Waals surface area contributed by atoms with Gasteiger partial charge in [0.2, 0.25) is 22.8 Å². The van der Waals surface area contributed by atoms with Gasteiger partial charge in [-0.3, -0.25) is 9.59 Å². The maximum absolute atomic E-state index is 11.9. The van der Waals surface area contributed by atoms with Crippen molar-refractivity contribution in [3.05, 3.63) is 23.7 Å². The molecule has 86 valence electrons. The fraction of sp³-hybridized carbons (Fsp3) is 0.500. The van der Waals surface area contributed by atoms with Gasteiger partial charge in [0.15, 0.2) is 0 Å². The predicted octanol–water partition coefficient (Wildman–Crippen LogP) is 1.51. The lowest BCUT2D eigenvalue weighted by Crippen LogP contribution is -2.58. The Balaban J connectivity index is 2.41. The van der Waals surface area contributed by atoms with E-state index < -0.39 is 11.2 Å². The monoisotopic (exact) mass is 222 g/mol. The van der Waals surface area contributed by atoms with Gasteiger partial charge in [-0.2, -0.15) is 0 Å². The molecule has 0 radical (unpaired) electrons. The van der Waals surface area contributed by atoms with Crippen molar-refractivity contribution in [3.63, 3.8) is 0 Å². The first-order valence-electron chi connectivity index (χ1n) is 5.13. The third kappa shape index (κ3) is 1.16. The first-order valence-corrected chi connectivity index (χ1v) is 5.13. The second kappa shape index (κ2) is 2.97. The highest BCUT2D eigenvalue weighted by Crippen LogP contribution is 2.41. The topological polar surface area (TPSA) is 52.6 Å². The van der Waals surface area contributed by atoms with Crippen LogP contribution in [0.25, 0.3) is 0 Å². The summed E-state index contributed by atoms with van der Waals surface area (Å²) < 4.78 is 11.0. The van der Waals surface area contributed by atoms with E-state index in [9.17, 15) is 9.59 Å². The summed E-state index contributed by atoms with van der Waals surface area (Å²) in [6.07, 6.45) is 2.80. The van der Waals surface area contributed by atoms with Gasteiger partial charge in [0.05, 0.1) is 11.5 Å². The molecule has 0 aliphatic carbocycles. The van der Waals surface area contributed by atoms with Gasteiger partial charge in [0.25, 0.3) is 0 Å². The molecule has 2 aliphatic heterocycles. The molecule has 0 spiro atoms. The lowest BCUT2D eigenvalue weighted by molar-refractivity contribution is -0.168. The van der Waals surface area contributed by atoms with Crippen molar-refractivity contribution in [2.45, 2.75) is 38.9 Å². The van der Waals surface area contributed by atoms with Crippen molar-refractivity contribution in [2.24, 2.45) is 0 Å². The van der Waals surface area contributed by atoms with Crippen molar-refractivity contribution >= 4 is 11.6 Å². The highest BCUT2D eigenvalue weighted by molar-refractivity contribution is 6.09. The molecular weight excluding hydrogens is 208 g/mol. The summed E-state index contributed by atoms with van der Waals surface area (Å²) in [5, 5.41) is 0. The Bertz CT molecular complexity index is 404. The largest absolute Gasteiger partial charge is 0.479 e. The maximum atomic E-state index is 11.9. The first kappa shape index (κ1) is 10.9. The second-order valence-electron chi connectivity index (χ2n) is 4.51. The molecule has 0 aromatic rings. The first-order chi connectivity index (χ1) is 7.29. The summed E-state index contributed by atoms with van der Waals surface area (Å²) in [6.45, 7) is 6.55. The zero-order chi connectivity index (χ0) is 12.1. The van der Waals surface area contributed by atoms with E-state index in [-0.39, 0.29) is 11.6 Å². The van der Waals surface area contributed by atoms with Gasteiger partial charge in [0, 0.05) is 12.2 Å². The van der Waals surface area contributed by atoms with Crippen molar-refractivity contribution in [1.82, 2.24) is 0 Å². The average molecular weight is 222 g/mol. The zero-order valence-corrected chi connectivity index (χ0v) is 9.79. The van der Waals surface area contributed by atoms with Crippen LogP contribution < -0.4 is 0 Å². The summed E-state index contributed by atoms with van der Waals surface area (Å²) in [7, 11) is 0. The summed E-state index contributed by atoms with van der Waals surface area (Å²) in [5.41, 5.74) is -2.52. The smallest absolute Gasteiger partial charge is 0.214 e. The van der Waals surface area contributed by atoms with Gasteiger partial charge in [0.1, 0.15) is 0 Å². The van der Waals surface area contributed by atoms with Crippen molar-refractivity contribution in [2.75, 3.05) is 0 Å². The minimum absolute atomic E-state index is 0.232. The molecule has 0 fully saturated rings. The Labute approximate surface area is 93.9 Å². The summed E-state index contributed by atoms with van der Waals surface area (Å²) in [5.74, 6) is 0.553. The molecule has 4 nitrogen and oxygen atoms in total. The Hall–Kier alpha value is -1.58. The fourth-order valence-corrected chi connectivity index (χ4v) is 2.11. The minimum atomic E-state index is -1.26. The number of hydrogen-bond donors (Lipinski definition) is 0. The van der Waals surface area contributed by atoms with Gasteiger partial charge in [-0.1, -0.05) is 0 Å². The molecule has 2 heterocycles. The molecular formula is C12H14O4. The molecule has 4 heteroatoms. The van der Waals surface area contributed by atoms with Crippen LogP contribution in [-0.2, 0) is 19.1 Å². The van der Waals surface area contributed by atoms with Crippen molar-refractivity contribution in [1.29, 1.82) is 0 Å². The highest BCUT2D eigenvalue weighted by Gasteiger charge is 2.61. The third-order valence-corrected chi connectivity index (χ3v) is 3.25. The number of allylic oxidation sites excluding steroid dienone is 2. The standard InChI is InChI=1S/C12H14O4/c1-7-5-9(13)11(3,15-7)12(4)10(14)6-8(2)16-12/h5-6H,1-4H3. The van der Waals surface area contributed by atoms with Crippen molar-refractivity contribution < 1.29 is 19.1 Å². The number of ketones is 2. The van der Waals surface area contributed by atoms with Gasteiger partial charge in [-0.05, 0) is 27.7 Å². The molecule has 0 saturated carbocycles. The van der Waals surface area contributed by atoms with E-state index in [1.165, 1.54) is 12.2 Å². The quantitative estimate of drug-likeness (QED) is 0.674. The third-order valence-electron chi connectivity index (χ3n) is 3.25. The van der Waals surface area contributed by atoms with Crippen LogP contribution in [0.3, 0.4) is 0 Å². The van der Waals surface area contributed by atoms with E-state index in [4.69, 9.17) is 9.47 Å². The molecule has 0 aromatic heterocycles. The molecule has 0 aromatic carbocycles. The van der Waals surface area contributed by atoms with Gasteiger partial charge < -0.3 is 9.47 Å². The van der Waals surface area contributed by atoms with Crippen LogP contribution in [0.15, 0.2) is 23.7 Å². The Morgan fingerprint density at radius 3 is 1.38 bits per heavy atom. The number of ether oxygens (including phenoxy) is 2. The van der Waals surface area contributed by atoms with Crippen LogP contribution >= 0.6 is 0 Å². The van der Waals surface area contributed by atoms with Crippen LogP contribution in [0, 0.1) is 0 Å². The van der Waals surface area contributed by atoms with Gasteiger partial charge in [-0.15, -0.1) is 0 Å². The zero-order valence-electron chi connectivity index (χ0n) is 9.79. The van der Waals surface area contributed by atoms with Gasteiger partial charge >= 0.3 is 0 Å². The normalized spacial score (nSPS) is 38.0. The van der Waals surface area contributed by atoms with E-state index in [1.807, 2.05) is 0 Å². The van der Waals surface area contributed by atoms with Crippen LogP contribution in [0.1, 0.15) is 27.7 Å². The molecule has 0 bridgehead atoms. The second-order valence-corrected chi connectivity index (χ2v) is 4.51. The van der Waals surface area contributed by atoms with Crippen LogP contribution in [0.2, 0.25) is 0 Å². The Morgan fingerprint density at radius 2 is 1.19 bits per heavy atom. The molecule has 0 saturated heterocycles. The summed E-state index contributed by atoms with van der Waals surface area (Å²) >= 11 is 0. The Kier molecular flexibility index (Phi) is 2.02. The van der Waals surface area contributed by atoms with Gasteiger partial charge in [-0.25, -0.2) is 0 Å².